The Labute approximate surface area is 163 Å². The van der Waals surface area contributed by atoms with Crippen molar-refractivity contribution in [1.82, 2.24) is 10.2 Å². The number of nitriles is 1. The lowest BCUT2D eigenvalue weighted by Gasteiger charge is -2.22. The molecule has 0 saturated carbocycles. The number of nitrogens with one attached hydrogen (secondary N) is 1. The summed E-state index contributed by atoms with van der Waals surface area (Å²) in [5.41, 5.74) is 0.834. The molecular formula is C17H20FIN4S. The summed E-state index contributed by atoms with van der Waals surface area (Å²) < 4.78 is 13.9. The predicted octanol–water partition coefficient (Wildman–Crippen LogP) is 3.63. The number of hydrogen-bond acceptors (Lipinski definition) is 3. The highest BCUT2D eigenvalue weighted by Crippen LogP contribution is 2.11. The van der Waals surface area contributed by atoms with Gasteiger partial charge < -0.3 is 10.2 Å². The van der Waals surface area contributed by atoms with Gasteiger partial charge in [-0.3, -0.25) is 4.99 Å². The lowest BCUT2D eigenvalue weighted by atomic mass is 10.1. The first-order chi connectivity index (χ1) is 11.1. The van der Waals surface area contributed by atoms with Gasteiger partial charge in [0.1, 0.15) is 5.82 Å². The number of halogens is 2. The molecule has 1 aromatic carbocycles. The Morgan fingerprint density at radius 3 is 2.79 bits per heavy atom. The molecule has 1 heterocycles. The molecule has 1 N–H and O–H groups in total. The maximum Gasteiger partial charge on any atom is 0.193 e. The smallest absolute Gasteiger partial charge is 0.193 e. The summed E-state index contributed by atoms with van der Waals surface area (Å²) in [5, 5.41) is 14.0. The van der Waals surface area contributed by atoms with Crippen molar-refractivity contribution < 1.29 is 4.39 Å². The summed E-state index contributed by atoms with van der Waals surface area (Å²) in [6, 6.07) is 10.6. The summed E-state index contributed by atoms with van der Waals surface area (Å²) in [7, 11) is 3.66. The fourth-order valence-electron chi connectivity index (χ4n) is 2.16. The summed E-state index contributed by atoms with van der Waals surface area (Å²) in [5.74, 6) is 0.332. The van der Waals surface area contributed by atoms with Gasteiger partial charge in [0.15, 0.2) is 5.96 Å². The van der Waals surface area contributed by atoms with Crippen LogP contribution in [0.3, 0.4) is 0 Å². The zero-order valence-corrected chi connectivity index (χ0v) is 16.8. The zero-order chi connectivity index (χ0) is 16.7. The van der Waals surface area contributed by atoms with Crippen LogP contribution in [0.25, 0.3) is 0 Å². The summed E-state index contributed by atoms with van der Waals surface area (Å²) >= 11 is 1.74. The standard InChI is InChI=1S/C17H19FN4S.HI/c1-20-17(22(2)8-7-15-4-3-9-23-15)21-12-14-6-5-13(11-19)10-16(14)18;/h3-6,9-10H,7-8,12H2,1-2H3,(H,20,21);1H. The number of thiophene rings is 1. The molecule has 1 aromatic heterocycles. The van der Waals surface area contributed by atoms with Gasteiger partial charge in [-0.1, -0.05) is 12.1 Å². The van der Waals surface area contributed by atoms with Crippen LogP contribution in [0.2, 0.25) is 0 Å². The molecule has 0 unspecified atom stereocenters. The van der Waals surface area contributed by atoms with Crippen LogP contribution in [0.1, 0.15) is 16.0 Å². The molecule has 7 heteroatoms. The minimum absolute atomic E-state index is 0. The SMILES string of the molecule is CN=C(NCc1ccc(C#N)cc1F)N(C)CCc1cccs1.I. The van der Waals surface area contributed by atoms with Crippen molar-refractivity contribution in [3.05, 3.63) is 57.5 Å². The van der Waals surface area contributed by atoms with E-state index in [2.05, 4.69) is 21.8 Å². The van der Waals surface area contributed by atoms with Crippen molar-refractivity contribution >= 4 is 41.3 Å². The van der Waals surface area contributed by atoms with Crippen LogP contribution in [-0.4, -0.2) is 31.5 Å². The van der Waals surface area contributed by atoms with Crippen LogP contribution in [0.15, 0.2) is 40.7 Å². The van der Waals surface area contributed by atoms with E-state index in [0.717, 1.165) is 13.0 Å². The van der Waals surface area contributed by atoms with Crippen molar-refractivity contribution in [2.24, 2.45) is 4.99 Å². The van der Waals surface area contributed by atoms with Gasteiger partial charge in [-0.05, 0) is 30.0 Å². The molecule has 24 heavy (non-hydrogen) atoms. The Balaban J connectivity index is 0.00000288. The van der Waals surface area contributed by atoms with Gasteiger partial charge in [-0.2, -0.15) is 5.26 Å². The summed E-state index contributed by atoms with van der Waals surface area (Å²) in [6.07, 6.45) is 0.945. The molecule has 2 rings (SSSR count). The quantitative estimate of drug-likeness (QED) is 0.423. The van der Waals surface area contributed by atoms with Gasteiger partial charge in [0.25, 0.3) is 0 Å². The maximum atomic E-state index is 13.9. The van der Waals surface area contributed by atoms with Crippen LogP contribution >= 0.6 is 35.3 Å². The van der Waals surface area contributed by atoms with E-state index < -0.39 is 0 Å². The van der Waals surface area contributed by atoms with Crippen molar-refractivity contribution in [2.45, 2.75) is 13.0 Å². The van der Waals surface area contributed by atoms with E-state index in [1.165, 1.54) is 10.9 Å². The third-order valence-corrected chi connectivity index (χ3v) is 4.40. The van der Waals surface area contributed by atoms with Gasteiger partial charge in [0, 0.05) is 37.6 Å². The van der Waals surface area contributed by atoms with Crippen LogP contribution in [0, 0.1) is 17.1 Å². The molecule has 0 radical (unpaired) electrons. The Kier molecular flexibility index (Phi) is 8.71. The number of benzene rings is 1. The van der Waals surface area contributed by atoms with Gasteiger partial charge in [0.05, 0.1) is 11.6 Å². The maximum absolute atomic E-state index is 13.9. The van der Waals surface area contributed by atoms with Crippen molar-refractivity contribution in [3.63, 3.8) is 0 Å². The molecule has 0 aliphatic carbocycles. The molecule has 4 nitrogen and oxygen atoms in total. The molecule has 0 saturated heterocycles. The number of nitrogens with zero attached hydrogens (tertiary/aromatic N) is 3. The van der Waals surface area contributed by atoms with Crippen molar-refractivity contribution in [2.75, 3.05) is 20.6 Å². The average Bonchev–Trinajstić information content (AvgIpc) is 3.08. The fourth-order valence-corrected chi connectivity index (χ4v) is 2.86. The molecule has 0 bridgehead atoms. The third kappa shape index (κ3) is 5.76. The van der Waals surface area contributed by atoms with Gasteiger partial charge in [-0.25, -0.2) is 4.39 Å². The number of aliphatic imine (C=N–C) groups is 1. The van der Waals surface area contributed by atoms with E-state index in [1.54, 1.807) is 30.5 Å². The lowest BCUT2D eigenvalue weighted by molar-refractivity contribution is 0.485. The molecule has 0 aliphatic rings. The van der Waals surface area contributed by atoms with Crippen LogP contribution in [-0.2, 0) is 13.0 Å². The molecule has 0 spiro atoms. The highest BCUT2D eigenvalue weighted by atomic mass is 127. The first-order valence-corrected chi connectivity index (χ1v) is 8.14. The molecule has 0 aliphatic heterocycles. The third-order valence-electron chi connectivity index (χ3n) is 3.47. The van der Waals surface area contributed by atoms with Crippen LogP contribution in [0.5, 0.6) is 0 Å². The lowest BCUT2D eigenvalue weighted by Crippen LogP contribution is -2.39. The molecular weight excluding hydrogens is 438 g/mol. The van der Waals surface area contributed by atoms with E-state index in [1.807, 2.05) is 24.1 Å². The molecule has 128 valence electrons. The first-order valence-electron chi connectivity index (χ1n) is 7.26. The summed E-state index contributed by atoms with van der Waals surface area (Å²) in [6.45, 7) is 1.16. The highest BCUT2D eigenvalue weighted by Gasteiger charge is 2.08. The normalized spacial score (nSPS) is 10.7. The minimum Gasteiger partial charge on any atom is -0.352 e. The van der Waals surface area contributed by atoms with Crippen molar-refractivity contribution in [3.8, 4) is 6.07 Å². The molecule has 0 fully saturated rings. The Morgan fingerprint density at radius 2 is 2.21 bits per heavy atom. The Morgan fingerprint density at radius 1 is 1.42 bits per heavy atom. The van der Waals surface area contributed by atoms with Gasteiger partial charge >= 0.3 is 0 Å². The van der Waals surface area contributed by atoms with Crippen molar-refractivity contribution in [1.29, 1.82) is 5.26 Å². The molecule has 0 atom stereocenters. The second-order valence-corrected chi connectivity index (χ2v) is 6.10. The number of rotatable bonds is 5. The fraction of sp³-hybridized carbons (Fsp3) is 0.294. The van der Waals surface area contributed by atoms with E-state index in [0.29, 0.717) is 23.6 Å². The number of guanidine groups is 1. The van der Waals surface area contributed by atoms with E-state index in [9.17, 15) is 4.39 Å². The average molecular weight is 458 g/mol. The Bertz CT molecular complexity index is 710. The largest absolute Gasteiger partial charge is 0.352 e. The minimum atomic E-state index is -0.381. The number of likely N-dealkylation sites (N-methyl/N-ethyl adjacent to an activating group) is 1. The van der Waals surface area contributed by atoms with E-state index >= 15 is 0 Å². The number of hydrogen-bond donors (Lipinski definition) is 1. The van der Waals surface area contributed by atoms with E-state index in [-0.39, 0.29) is 29.8 Å². The Hall–Kier alpha value is -1.66. The highest BCUT2D eigenvalue weighted by molar-refractivity contribution is 14.0. The molecule has 0 amide bonds. The van der Waals surface area contributed by atoms with Crippen LogP contribution in [0.4, 0.5) is 4.39 Å². The first kappa shape index (κ1) is 20.4. The summed E-state index contributed by atoms with van der Waals surface area (Å²) in [4.78, 5) is 7.57. The zero-order valence-electron chi connectivity index (χ0n) is 13.6. The monoisotopic (exact) mass is 458 g/mol. The van der Waals surface area contributed by atoms with Crippen LogP contribution < -0.4 is 5.32 Å². The molecule has 2 aromatic rings. The van der Waals surface area contributed by atoms with Gasteiger partial charge in [0.2, 0.25) is 0 Å². The second-order valence-electron chi connectivity index (χ2n) is 5.07. The van der Waals surface area contributed by atoms with Gasteiger partial charge in [-0.15, -0.1) is 35.3 Å². The topological polar surface area (TPSA) is 51.4 Å². The second kappa shape index (κ2) is 10.3. The predicted molar refractivity (Wildman–Crippen MR) is 107 cm³/mol. The van der Waals surface area contributed by atoms with E-state index in [4.69, 9.17) is 5.26 Å².